The number of hydrogen-bond acceptors (Lipinski definition) is 4. The normalized spacial score (nSPS) is 11.9. The predicted octanol–water partition coefficient (Wildman–Crippen LogP) is 2.73. The van der Waals surface area contributed by atoms with Crippen molar-refractivity contribution in [3.8, 4) is 5.75 Å². The fourth-order valence-corrected chi connectivity index (χ4v) is 2.04. The highest BCUT2D eigenvalue weighted by Gasteiger charge is 2.22. The Kier molecular flexibility index (Phi) is 7.18. The Morgan fingerprint density at radius 2 is 2.00 bits per heavy atom. The van der Waals surface area contributed by atoms with Crippen LogP contribution >= 0.6 is 11.6 Å². The van der Waals surface area contributed by atoms with Crippen LogP contribution in [0.25, 0.3) is 0 Å². The van der Waals surface area contributed by atoms with Gasteiger partial charge >= 0.3 is 5.97 Å². The zero-order valence-corrected chi connectivity index (χ0v) is 14.1. The Bertz CT molecular complexity index is 531. The summed E-state index contributed by atoms with van der Waals surface area (Å²) in [6, 6.07) is 4.49. The van der Waals surface area contributed by atoms with E-state index in [0.717, 1.165) is 5.56 Å². The van der Waals surface area contributed by atoms with Crippen molar-refractivity contribution in [1.29, 1.82) is 0 Å². The molecule has 0 fully saturated rings. The van der Waals surface area contributed by atoms with Gasteiger partial charge in [0.2, 0.25) is 0 Å². The number of ether oxygens (including phenoxy) is 2. The second-order valence-electron chi connectivity index (χ2n) is 5.47. The molecule has 0 heterocycles. The molecule has 0 aliphatic rings. The number of benzene rings is 1. The first-order valence-electron chi connectivity index (χ1n) is 7.09. The van der Waals surface area contributed by atoms with Crippen LogP contribution in [-0.4, -0.2) is 31.6 Å². The van der Waals surface area contributed by atoms with Crippen LogP contribution in [0, 0.1) is 12.8 Å². The van der Waals surface area contributed by atoms with Crippen molar-refractivity contribution in [2.24, 2.45) is 5.92 Å². The minimum Gasteiger partial charge on any atom is -0.484 e. The third kappa shape index (κ3) is 5.93. The molecule has 1 aromatic rings. The first-order valence-corrected chi connectivity index (χ1v) is 7.47. The Hall–Kier alpha value is -1.75. The first-order chi connectivity index (χ1) is 10.3. The molecule has 0 saturated carbocycles. The summed E-state index contributed by atoms with van der Waals surface area (Å²) in [6.45, 7) is 5.61. The highest BCUT2D eigenvalue weighted by atomic mass is 35.5. The average molecular weight is 328 g/mol. The Morgan fingerprint density at radius 1 is 1.32 bits per heavy atom. The summed E-state index contributed by atoms with van der Waals surface area (Å²) in [5.41, 5.74) is 0.867. The second kappa shape index (κ2) is 8.63. The van der Waals surface area contributed by atoms with Crippen molar-refractivity contribution in [1.82, 2.24) is 5.32 Å². The molecule has 22 heavy (non-hydrogen) atoms. The number of methoxy groups -OCH3 is 1. The van der Waals surface area contributed by atoms with Crippen molar-refractivity contribution < 1.29 is 19.1 Å². The van der Waals surface area contributed by atoms with E-state index in [0.29, 0.717) is 17.2 Å². The summed E-state index contributed by atoms with van der Waals surface area (Å²) < 4.78 is 10.1. The van der Waals surface area contributed by atoms with Gasteiger partial charge in [-0.3, -0.25) is 4.79 Å². The van der Waals surface area contributed by atoms with E-state index < -0.39 is 12.0 Å². The number of nitrogens with one attached hydrogen (secondary N) is 1. The predicted molar refractivity (Wildman–Crippen MR) is 85.1 cm³/mol. The van der Waals surface area contributed by atoms with Gasteiger partial charge in [0.15, 0.2) is 6.61 Å². The lowest BCUT2D eigenvalue weighted by Gasteiger charge is -2.18. The molecule has 0 unspecified atom stereocenters. The van der Waals surface area contributed by atoms with Gasteiger partial charge in [0, 0.05) is 5.02 Å². The van der Waals surface area contributed by atoms with E-state index in [9.17, 15) is 9.59 Å². The summed E-state index contributed by atoms with van der Waals surface area (Å²) in [6.07, 6.45) is 0.512. The molecule has 1 N–H and O–H groups in total. The molecule has 0 aromatic heterocycles. The molecule has 0 saturated heterocycles. The van der Waals surface area contributed by atoms with E-state index in [1.54, 1.807) is 18.2 Å². The summed E-state index contributed by atoms with van der Waals surface area (Å²) in [4.78, 5) is 23.6. The van der Waals surface area contributed by atoms with Gasteiger partial charge in [-0.25, -0.2) is 4.79 Å². The number of hydrogen-bond donors (Lipinski definition) is 1. The van der Waals surface area contributed by atoms with E-state index in [-0.39, 0.29) is 18.4 Å². The maximum atomic E-state index is 11.9. The average Bonchev–Trinajstić information content (AvgIpc) is 2.46. The number of esters is 1. The molecule has 6 heteroatoms. The van der Waals surface area contributed by atoms with Gasteiger partial charge in [-0.2, -0.15) is 0 Å². The zero-order chi connectivity index (χ0) is 16.7. The van der Waals surface area contributed by atoms with Crippen LogP contribution in [0.2, 0.25) is 5.02 Å². The summed E-state index contributed by atoms with van der Waals surface area (Å²) in [5.74, 6) is -0.0206. The van der Waals surface area contributed by atoms with Gasteiger partial charge in [-0.15, -0.1) is 0 Å². The number of amides is 1. The molecule has 1 amide bonds. The van der Waals surface area contributed by atoms with E-state index in [1.165, 1.54) is 7.11 Å². The highest BCUT2D eigenvalue weighted by Crippen LogP contribution is 2.20. The minimum absolute atomic E-state index is 0.174. The molecule has 0 bridgehead atoms. The zero-order valence-electron chi connectivity index (χ0n) is 13.3. The standard InChI is InChI=1S/C16H22ClNO4/c1-10(2)7-14(16(20)21-4)18-15(19)9-22-12-5-6-13(17)11(3)8-12/h5-6,8,10,14H,7,9H2,1-4H3,(H,18,19)/t14-/m0/s1. The van der Waals surface area contributed by atoms with Crippen LogP contribution in [0.1, 0.15) is 25.8 Å². The van der Waals surface area contributed by atoms with Gasteiger partial charge in [-0.1, -0.05) is 25.4 Å². The molecular weight excluding hydrogens is 306 g/mol. The monoisotopic (exact) mass is 327 g/mol. The molecule has 1 aromatic carbocycles. The topological polar surface area (TPSA) is 64.6 Å². The van der Waals surface area contributed by atoms with Crippen LogP contribution in [0.15, 0.2) is 18.2 Å². The highest BCUT2D eigenvalue weighted by molar-refractivity contribution is 6.31. The van der Waals surface area contributed by atoms with Gasteiger partial charge < -0.3 is 14.8 Å². The fourth-order valence-electron chi connectivity index (χ4n) is 1.92. The first kappa shape index (κ1) is 18.3. The molecule has 5 nitrogen and oxygen atoms in total. The largest absolute Gasteiger partial charge is 0.484 e. The molecule has 0 spiro atoms. The summed E-state index contributed by atoms with van der Waals surface area (Å²) in [5, 5.41) is 3.27. The second-order valence-corrected chi connectivity index (χ2v) is 5.88. The van der Waals surface area contributed by atoms with E-state index in [1.807, 2.05) is 20.8 Å². The Morgan fingerprint density at radius 3 is 2.55 bits per heavy atom. The third-order valence-corrected chi connectivity index (χ3v) is 3.45. The number of halogens is 1. The molecule has 1 atom stereocenters. The minimum atomic E-state index is -0.659. The molecule has 0 radical (unpaired) electrons. The lowest BCUT2D eigenvalue weighted by Crippen LogP contribution is -2.44. The lowest BCUT2D eigenvalue weighted by molar-refractivity contribution is -0.145. The van der Waals surface area contributed by atoms with Crippen LogP contribution in [0.4, 0.5) is 0 Å². The quantitative estimate of drug-likeness (QED) is 0.782. The number of rotatable bonds is 7. The van der Waals surface area contributed by atoms with Gasteiger partial charge in [0.05, 0.1) is 7.11 Å². The van der Waals surface area contributed by atoms with E-state index in [4.69, 9.17) is 21.1 Å². The molecular formula is C16H22ClNO4. The van der Waals surface area contributed by atoms with Crippen LogP contribution < -0.4 is 10.1 Å². The molecule has 122 valence electrons. The fraction of sp³-hybridized carbons (Fsp3) is 0.500. The number of carbonyl (C=O) groups excluding carboxylic acids is 2. The van der Waals surface area contributed by atoms with Crippen molar-refractivity contribution in [3.63, 3.8) is 0 Å². The Labute approximate surface area is 135 Å². The maximum Gasteiger partial charge on any atom is 0.328 e. The van der Waals surface area contributed by atoms with Crippen LogP contribution in [0.3, 0.4) is 0 Å². The van der Waals surface area contributed by atoms with Gasteiger partial charge in [-0.05, 0) is 43.0 Å². The number of aryl methyl sites for hydroxylation is 1. The molecule has 1 rings (SSSR count). The third-order valence-electron chi connectivity index (χ3n) is 3.03. The van der Waals surface area contributed by atoms with E-state index in [2.05, 4.69) is 5.32 Å². The Balaban J connectivity index is 2.56. The van der Waals surface area contributed by atoms with Gasteiger partial charge in [0.25, 0.3) is 5.91 Å². The lowest BCUT2D eigenvalue weighted by atomic mass is 10.0. The van der Waals surface area contributed by atoms with Crippen LogP contribution in [0.5, 0.6) is 5.75 Å². The van der Waals surface area contributed by atoms with Crippen molar-refractivity contribution >= 4 is 23.5 Å². The number of carbonyl (C=O) groups is 2. The van der Waals surface area contributed by atoms with E-state index >= 15 is 0 Å². The van der Waals surface area contributed by atoms with Crippen molar-refractivity contribution in [2.75, 3.05) is 13.7 Å². The molecule has 0 aliphatic carbocycles. The van der Waals surface area contributed by atoms with Crippen molar-refractivity contribution in [2.45, 2.75) is 33.2 Å². The maximum absolute atomic E-state index is 11.9. The van der Waals surface area contributed by atoms with Gasteiger partial charge in [0.1, 0.15) is 11.8 Å². The van der Waals surface area contributed by atoms with Crippen molar-refractivity contribution in [3.05, 3.63) is 28.8 Å². The summed E-state index contributed by atoms with van der Waals surface area (Å²) >= 11 is 5.93. The SMILES string of the molecule is COC(=O)[C@H](CC(C)C)NC(=O)COc1ccc(Cl)c(C)c1. The summed E-state index contributed by atoms with van der Waals surface area (Å²) in [7, 11) is 1.30. The smallest absolute Gasteiger partial charge is 0.328 e. The molecule has 0 aliphatic heterocycles. The van der Waals surface area contributed by atoms with Crippen LogP contribution in [-0.2, 0) is 14.3 Å².